The fourth-order valence-electron chi connectivity index (χ4n) is 1.85. The molecular formula is C12H19NO7S. The summed E-state index contributed by atoms with van der Waals surface area (Å²) < 4.78 is 36.7. The van der Waals surface area contributed by atoms with Crippen molar-refractivity contribution < 1.29 is 32.6 Å². The van der Waals surface area contributed by atoms with Crippen LogP contribution in [0.25, 0.3) is 0 Å². The summed E-state index contributed by atoms with van der Waals surface area (Å²) >= 11 is 0. The molecule has 0 amide bonds. The van der Waals surface area contributed by atoms with Gasteiger partial charge in [0.05, 0.1) is 13.2 Å². The largest absolute Gasteiger partial charge is 0.478 e. The van der Waals surface area contributed by atoms with Crippen molar-refractivity contribution in [3.63, 3.8) is 0 Å². The molecule has 0 radical (unpaired) electrons. The lowest BCUT2D eigenvalue weighted by Crippen LogP contribution is -2.27. The molecule has 1 aromatic rings. The summed E-state index contributed by atoms with van der Waals surface area (Å²) in [6, 6.07) is 0. The van der Waals surface area contributed by atoms with Gasteiger partial charge in [0.2, 0.25) is 10.0 Å². The molecule has 0 aromatic carbocycles. The number of hydrogen-bond donors (Lipinski definition) is 3. The fraction of sp³-hybridized carbons (Fsp3) is 0.583. The number of carboxylic acids is 1. The van der Waals surface area contributed by atoms with Crippen molar-refractivity contribution in [1.29, 1.82) is 0 Å². The molecule has 0 fully saturated rings. The van der Waals surface area contributed by atoms with E-state index in [9.17, 15) is 13.2 Å². The van der Waals surface area contributed by atoms with Gasteiger partial charge in [0.25, 0.3) is 0 Å². The van der Waals surface area contributed by atoms with Crippen molar-refractivity contribution in [3.8, 4) is 0 Å². The van der Waals surface area contributed by atoms with E-state index >= 15 is 0 Å². The molecule has 0 saturated carbocycles. The van der Waals surface area contributed by atoms with Crippen molar-refractivity contribution in [2.24, 2.45) is 0 Å². The number of nitrogens with one attached hydrogen (secondary N) is 1. The minimum atomic E-state index is -3.97. The average Bonchev–Trinajstić information content (AvgIpc) is 2.69. The molecular weight excluding hydrogens is 302 g/mol. The number of aliphatic hydroxyl groups excluding tert-OH is 1. The minimum absolute atomic E-state index is 0.0360. The van der Waals surface area contributed by atoms with Gasteiger partial charge in [0.15, 0.2) is 0 Å². The van der Waals surface area contributed by atoms with Crippen LogP contribution in [0.1, 0.15) is 28.3 Å². The van der Waals surface area contributed by atoms with E-state index in [1.165, 1.54) is 13.8 Å². The Morgan fingerprint density at radius 1 is 1.29 bits per heavy atom. The Morgan fingerprint density at radius 2 is 1.95 bits per heavy atom. The molecule has 1 heterocycles. The summed E-state index contributed by atoms with van der Waals surface area (Å²) in [5, 5.41) is 17.6. The van der Waals surface area contributed by atoms with Crippen LogP contribution in [0.5, 0.6) is 0 Å². The lowest BCUT2D eigenvalue weighted by molar-refractivity contribution is 0.0691. The van der Waals surface area contributed by atoms with Gasteiger partial charge in [-0.2, -0.15) is 0 Å². The molecule has 0 spiro atoms. The molecule has 120 valence electrons. The van der Waals surface area contributed by atoms with E-state index in [1.54, 1.807) is 0 Å². The standard InChI is InChI=1S/C12H19NO7S/c1-8-10(12(15)16)11(9(2)20-8)21(17,18)13-4-3-6-19-7-5-14/h13-14H,3-7H2,1-2H3,(H,15,16). The highest BCUT2D eigenvalue weighted by Crippen LogP contribution is 2.26. The van der Waals surface area contributed by atoms with Crippen molar-refractivity contribution >= 4 is 16.0 Å². The molecule has 0 aliphatic heterocycles. The fourth-order valence-corrected chi connectivity index (χ4v) is 3.33. The van der Waals surface area contributed by atoms with Gasteiger partial charge in [-0.25, -0.2) is 17.9 Å². The maximum atomic E-state index is 12.2. The molecule has 1 aromatic heterocycles. The quantitative estimate of drug-likeness (QED) is 0.557. The molecule has 8 nitrogen and oxygen atoms in total. The van der Waals surface area contributed by atoms with Crippen LogP contribution in [-0.2, 0) is 14.8 Å². The van der Waals surface area contributed by atoms with Crippen LogP contribution in [0, 0.1) is 13.8 Å². The molecule has 0 bridgehead atoms. The number of aryl methyl sites for hydroxylation is 2. The molecule has 9 heteroatoms. The normalized spacial score (nSPS) is 11.8. The van der Waals surface area contributed by atoms with Crippen LogP contribution in [0.3, 0.4) is 0 Å². The third-order valence-electron chi connectivity index (χ3n) is 2.68. The first-order valence-electron chi connectivity index (χ1n) is 6.32. The topological polar surface area (TPSA) is 126 Å². The minimum Gasteiger partial charge on any atom is -0.478 e. The summed E-state index contributed by atoms with van der Waals surface area (Å²) in [4.78, 5) is 10.8. The predicted molar refractivity (Wildman–Crippen MR) is 72.9 cm³/mol. The SMILES string of the molecule is Cc1oc(C)c(S(=O)(=O)NCCCOCCO)c1C(=O)O. The van der Waals surface area contributed by atoms with Crippen LogP contribution in [0.4, 0.5) is 0 Å². The van der Waals surface area contributed by atoms with Crippen LogP contribution >= 0.6 is 0 Å². The van der Waals surface area contributed by atoms with E-state index in [2.05, 4.69) is 4.72 Å². The summed E-state index contributed by atoms with van der Waals surface area (Å²) in [5.74, 6) is -1.27. The maximum Gasteiger partial charge on any atom is 0.340 e. The van der Waals surface area contributed by atoms with E-state index in [-0.39, 0.29) is 48.3 Å². The van der Waals surface area contributed by atoms with E-state index in [0.29, 0.717) is 6.42 Å². The number of aliphatic hydroxyl groups is 1. The second-order valence-electron chi connectivity index (χ2n) is 4.31. The first kappa shape index (κ1) is 17.6. The smallest absolute Gasteiger partial charge is 0.340 e. The van der Waals surface area contributed by atoms with Crippen LogP contribution < -0.4 is 4.72 Å². The summed E-state index contributed by atoms with van der Waals surface area (Å²) in [6.45, 7) is 3.28. The number of sulfonamides is 1. The monoisotopic (exact) mass is 321 g/mol. The summed E-state index contributed by atoms with van der Waals surface area (Å²) in [7, 11) is -3.97. The van der Waals surface area contributed by atoms with Gasteiger partial charge < -0.3 is 19.4 Å². The van der Waals surface area contributed by atoms with Gasteiger partial charge in [0.1, 0.15) is 22.0 Å². The molecule has 0 atom stereocenters. The molecule has 1 rings (SSSR count). The predicted octanol–water partition coefficient (Wildman–Crippen LogP) is 0.272. The molecule has 0 saturated heterocycles. The number of hydrogen-bond acceptors (Lipinski definition) is 6. The Labute approximate surface area is 122 Å². The Hall–Kier alpha value is -1.42. The number of carbonyl (C=O) groups is 1. The highest BCUT2D eigenvalue weighted by atomic mass is 32.2. The van der Waals surface area contributed by atoms with E-state index in [4.69, 9.17) is 19.4 Å². The molecule has 0 aliphatic carbocycles. The second kappa shape index (κ2) is 7.55. The highest BCUT2D eigenvalue weighted by Gasteiger charge is 2.30. The zero-order chi connectivity index (χ0) is 16.0. The van der Waals surface area contributed by atoms with Crippen LogP contribution in [-0.4, -0.2) is 51.0 Å². The lowest BCUT2D eigenvalue weighted by atomic mass is 10.2. The molecule has 21 heavy (non-hydrogen) atoms. The molecule has 3 N–H and O–H groups in total. The number of ether oxygens (including phenoxy) is 1. The zero-order valence-corrected chi connectivity index (χ0v) is 12.7. The Morgan fingerprint density at radius 3 is 2.52 bits per heavy atom. The zero-order valence-electron chi connectivity index (χ0n) is 11.9. The average molecular weight is 321 g/mol. The van der Waals surface area contributed by atoms with E-state index < -0.39 is 16.0 Å². The van der Waals surface area contributed by atoms with Gasteiger partial charge in [-0.3, -0.25) is 0 Å². The third kappa shape index (κ3) is 4.53. The van der Waals surface area contributed by atoms with Gasteiger partial charge in [-0.1, -0.05) is 0 Å². The van der Waals surface area contributed by atoms with Gasteiger partial charge in [-0.15, -0.1) is 0 Å². The van der Waals surface area contributed by atoms with Crippen molar-refractivity contribution in [3.05, 3.63) is 17.1 Å². The van der Waals surface area contributed by atoms with Crippen molar-refractivity contribution in [2.75, 3.05) is 26.4 Å². The first-order chi connectivity index (χ1) is 9.81. The molecule has 0 unspecified atom stereocenters. The first-order valence-corrected chi connectivity index (χ1v) is 7.81. The number of aromatic carboxylic acids is 1. The van der Waals surface area contributed by atoms with Gasteiger partial charge in [-0.05, 0) is 20.3 Å². The number of carboxylic acid groups (broad SMARTS) is 1. The summed E-state index contributed by atoms with van der Waals surface area (Å²) in [6.07, 6.45) is 0.400. The lowest BCUT2D eigenvalue weighted by Gasteiger charge is -2.07. The number of rotatable bonds is 9. The number of furan rings is 1. The summed E-state index contributed by atoms with van der Waals surface area (Å²) in [5.41, 5.74) is -0.350. The van der Waals surface area contributed by atoms with Gasteiger partial charge in [0, 0.05) is 13.2 Å². The molecule has 0 aliphatic rings. The van der Waals surface area contributed by atoms with Crippen LogP contribution in [0.2, 0.25) is 0 Å². The van der Waals surface area contributed by atoms with Crippen LogP contribution in [0.15, 0.2) is 9.31 Å². The Balaban J connectivity index is 2.77. The Bertz CT molecular complexity index is 591. The van der Waals surface area contributed by atoms with E-state index in [0.717, 1.165) is 0 Å². The van der Waals surface area contributed by atoms with Crippen molar-refractivity contribution in [1.82, 2.24) is 4.72 Å². The van der Waals surface area contributed by atoms with Crippen molar-refractivity contribution in [2.45, 2.75) is 25.2 Å². The Kier molecular flexibility index (Phi) is 6.34. The maximum absolute atomic E-state index is 12.2. The van der Waals surface area contributed by atoms with E-state index in [1.807, 2.05) is 0 Å². The van der Waals surface area contributed by atoms with Gasteiger partial charge >= 0.3 is 5.97 Å². The third-order valence-corrected chi connectivity index (χ3v) is 4.29. The highest BCUT2D eigenvalue weighted by molar-refractivity contribution is 7.89. The second-order valence-corrected chi connectivity index (χ2v) is 6.01.